The van der Waals surface area contributed by atoms with Crippen LogP contribution in [0.3, 0.4) is 0 Å². The normalized spacial score (nSPS) is 14.8. The molecule has 0 aliphatic carbocycles. The second-order valence-electron chi connectivity index (χ2n) is 10.1. The lowest BCUT2D eigenvalue weighted by molar-refractivity contribution is -0.142. The summed E-state index contributed by atoms with van der Waals surface area (Å²) in [6.45, 7) is 13.2. The summed E-state index contributed by atoms with van der Waals surface area (Å²) < 4.78 is 26.8. The molecule has 35 heavy (non-hydrogen) atoms. The number of carboxylic acids is 1. The van der Waals surface area contributed by atoms with Crippen molar-refractivity contribution in [3.05, 3.63) is 12.7 Å². The second kappa shape index (κ2) is 11.9. The molecule has 2 atom stereocenters. The van der Waals surface area contributed by atoms with Crippen molar-refractivity contribution in [2.45, 2.75) is 79.5 Å². The van der Waals surface area contributed by atoms with Gasteiger partial charge in [0.25, 0.3) is 0 Å². The lowest BCUT2D eigenvalue weighted by Gasteiger charge is -2.27. The van der Waals surface area contributed by atoms with E-state index in [0.29, 0.717) is 42.4 Å². The van der Waals surface area contributed by atoms with Gasteiger partial charge in [0.1, 0.15) is 23.7 Å². The summed E-state index contributed by atoms with van der Waals surface area (Å²) in [7, 11) is -3.85. The number of anilines is 1. The van der Waals surface area contributed by atoms with E-state index in [1.807, 2.05) is 0 Å². The van der Waals surface area contributed by atoms with Gasteiger partial charge in [-0.1, -0.05) is 32.9 Å². The minimum absolute atomic E-state index is 0.275. The van der Waals surface area contributed by atoms with Gasteiger partial charge < -0.3 is 24.8 Å². The number of aromatic nitrogens is 4. The van der Waals surface area contributed by atoms with Crippen LogP contribution in [0.15, 0.2) is 17.8 Å². The molecule has 0 amide bonds. The van der Waals surface area contributed by atoms with E-state index in [1.54, 1.807) is 17.8 Å². The number of nitrogens with zero attached hydrogens (tertiary/aromatic N) is 5. The highest BCUT2D eigenvalue weighted by Gasteiger charge is 2.38. The number of carboxylic acid groups (broad SMARTS) is 1. The average Bonchev–Trinajstić information content (AvgIpc) is 3.14. The van der Waals surface area contributed by atoms with Crippen LogP contribution in [-0.2, 0) is 25.3 Å². The summed E-state index contributed by atoms with van der Waals surface area (Å²) in [4.78, 5) is 24.0. The highest BCUT2D eigenvalue weighted by Crippen LogP contribution is 2.45. The van der Waals surface area contributed by atoms with Crippen LogP contribution in [0, 0.1) is 11.8 Å². The Morgan fingerprint density at radius 3 is 2.40 bits per heavy atom. The Morgan fingerprint density at radius 1 is 1.20 bits per heavy atom. The van der Waals surface area contributed by atoms with E-state index >= 15 is 0 Å². The molecule has 2 aromatic heterocycles. The Labute approximate surface area is 206 Å². The van der Waals surface area contributed by atoms with Crippen LogP contribution >= 0.6 is 7.52 Å². The minimum Gasteiger partial charge on any atom is -0.480 e. The minimum atomic E-state index is -3.85. The third-order valence-electron chi connectivity index (χ3n) is 4.99. The van der Waals surface area contributed by atoms with Gasteiger partial charge in [-0.3, -0.25) is 9.36 Å². The first-order valence-electron chi connectivity index (χ1n) is 11.6. The predicted molar refractivity (Wildman–Crippen MR) is 135 cm³/mol. The van der Waals surface area contributed by atoms with Crippen LogP contribution in [0.25, 0.3) is 11.2 Å². The second-order valence-corrected chi connectivity index (χ2v) is 12.1. The Balaban J connectivity index is 2.19. The number of aliphatic carboxylic acids is 1. The van der Waals surface area contributed by atoms with Crippen LogP contribution in [0.4, 0.5) is 5.82 Å². The van der Waals surface area contributed by atoms with Gasteiger partial charge in [0.15, 0.2) is 11.5 Å². The number of oxime groups is 1. The summed E-state index contributed by atoms with van der Waals surface area (Å²) in [5.74, 6) is -0.238. The number of hydrogen-bond acceptors (Lipinski definition) is 9. The molecule has 0 saturated heterocycles. The summed E-state index contributed by atoms with van der Waals surface area (Å²) >= 11 is 0. The first kappa shape index (κ1) is 28.7. The van der Waals surface area contributed by atoms with Gasteiger partial charge in [-0.15, -0.1) is 0 Å². The molecule has 0 aliphatic heterocycles. The Morgan fingerprint density at radius 2 is 1.83 bits per heavy atom. The van der Waals surface area contributed by atoms with Gasteiger partial charge in [-0.25, -0.2) is 20.0 Å². The number of nitrogens with one attached hydrogen (secondary N) is 1. The highest BCUT2D eigenvalue weighted by molar-refractivity contribution is 7.56. The zero-order valence-electron chi connectivity index (χ0n) is 21.6. The van der Waals surface area contributed by atoms with Crippen molar-refractivity contribution in [3.8, 4) is 0 Å². The van der Waals surface area contributed by atoms with E-state index in [-0.39, 0.29) is 12.2 Å². The molecule has 2 heterocycles. The fraction of sp³-hybridized carbons (Fsp3) is 0.682. The van der Waals surface area contributed by atoms with Gasteiger partial charge in [0.2, 0.25) is 0 Å². The molecule has 0 saturated carbocycles. The lowest BCUT2D eigenvalue weighted by Crippen LogP contribution is -2.45. The van der Waals surface area contributed by atoms with E-state index in [4.69, 9.17) is 15.1 Å². The largest absolute Gasteiger partial charge is 0.480 e. The Hall–Kier alpha value is -2.56. The molecule has 0 fully saturated rings. The van der Waals surface area contributed by atoms with Gasteiger partial charge in [-0.05, 0) is 45.4 Å². The maximum Gasteiger partial charge on any atom is 0.365 e. The molecular weight excluding hydrogens is 473 g/mol. The van der Waals surface area contributed by atoms with Gasteiger partial charge >= 0.3 is 13.5 Å². The number of hydrogen-bond donors (Lipinski definition) is 3. The molecule has 0 bridgehead atoms. The summed E-state index contributed by atoms with van der Waals surface area (Å²) in [6.07, 6.45) is 3.46. The zero-order chi connectivity index (χ0) is 26.4. The molecule has 13 heteroatoms. The monoisotopic (exact) mass is 511 g/mol. The van der Waals surface area contributed by atoms with E-state index in [2.05, 4.69) is 52.9 Å². The standard InChI is InChI=1S/C22H38N7O5P/c1-14(2)8-17(9-15(3)4)27-34-35(32,28-22(6,7)21(30)31)13-33-16(5)10-29-12-26-18-19(23)24-11-25-20(18)29/h11-12,14-16H,8-10,13H2,1-7H3,(H,28,32)(H,30,31)(H2,23,24,25)/t16-,35+/m1/s1. The van der Waals surface area contributed by atoms with Crippen LogP contribution < -0.4 is 10.8 Å². The molecule has 0 aromatic carbocycles. The first-order valence-corrected chi connectivity index (χ1v) is 13.4. The molecule has 0 radical (unpaired) electrons. The SMILES string of the molecule is CC(C)CC(CC(C)C)=NO[P@@](=O)(CO[C@H](C)Cn1cnc2c(N)ncnc21)NC(C)(C)C(=O)O. The van der Waals surface area contributed by atoms with Crippen molar-refractivity contribution in [1.29, 1.82) is 0 Å². The number of fused-ring (bicyclic) bond motifs is 1. The summed E-state index contributed by atoms with van der Waals surface area (Å²) in [5, 5.41) is 16.4. The van der Waals surface area contributed by atoms with Crippen molar-refractivity contribution >= 4 is 36.2 Å². The maximum absolute atomic E-state index is 13.7. The summed E-state index contributed by atoms with van der Waals surface area (Å²) in [5.41, 5.74) is 6.11. The molecule has 12 nitrogen and oxygen atoms in total. The summed E-state index contributed by atoms with van der Waals surface area (Å²) in [6, 6.07) is 0. The van der Waals surface area contributed by atoms with Crippen LogP contribution in [0.1, 0.15) is 61.3 Å². The lowest BCUT2D eigenvalue weighted by atomic mass is 9.99. The molecule has 2 aromatic rings. The number of nitrogens with two attached hydrogens (primary N) is 1. The fourth-order valence-corrected chi connectivity index (χ4v) is 5.16. The number of ether oxygens (including phenoxy) is 1. The molecule has 2 rings (SSSR count). The van der Waals surface area contributed by atoms with E-state index < -0.39 is 25.1 Å². The van der Waals surface area contributed by atoms with E-state index in [0.717, 1.165) is 5.71 Å². The number of rotatable bonds is 14. The molecule has 196 valence electrons. The Kier molecular flexibility index (Phi) is 9.76. The predicted octanol–water partition coefficient (Wildman–Crippen LogP) is 3.88. The van der Waals surface area contributed by atoms with Gasteiger partial charge in [-0.2, -0.15) is 0 Å². The first-order chi connectivity index (χ1) is 16.2. The topological polar surface area (TPSA) is 167 Å². The van der Waals surface area contributed by atoms with E-state index in [9.17, 15) is 14.5 Å². The smallest absolute Gasteiger partial charge is 0.365 e. The van der Waals surface area contributed by atoms with Crippen molar-refractivity contribution < 1.29 is 23.8 Å². The quantitative estimate of drug-likeness (QED) is 0.192. The van der Waals surface area contributed by atoms with Crippen LogP contribution in [-0.4, -0.2) is 54.3 Å². The van der Waals surface area contributed by atoms with Gasteiger partial charge in [0, 0.05) is 0 Å². The third-order valence-corrected chi connectivity index (χ3v) is 6.72. The number of nitrogen functional groups attached to an aromatic ring is 1. The molecule has 0 unspecified atom stereocenters. The molecular formula is C22H38N7O5P. The van der Waals surface area contributed by atoms with Crippen molar-refractivity contribution in [2.24, 2.45) is 17.0 Å². The number of carbonyl (C=O) groups is 1. The van der Waals surface area contributed by atoms with Crippen LogP contribution in [0.2, 0.25) is 0 Å². The van der Waals surface area contributed by atoms with Crippen molar-refractivity contribution in [2.75, 3.05) is 12.1 Å². The third kappa shape index (κ3) is 8.55. The van der Waals surface area contributed by atoms with Gasteiger partial charge in [0.05, 0.1) is 24.7 Å². The van der Waals surface area contributed by atoms with Crippen molar-refractivity contribution in [1.82, 2.24) is 24.6 Å². The fourth-order valence-electron chi connectivity index (χ4n) is 3.36. The average molecular weight is 512 g/mol. The number of imidazole rings is 1. The molecule has 0 spiro atoms. The zero-order valence-corrected chi connectivity index (χ0v) is 22.5. The molecule has 4 N–H and O–H groups in total. The highest BCUT2D eigenvalue weighted by atomic mass is 31.2. The van der Waals surface area contributed by atoms with Crippen LogP contribution in [0.5, 0.6) is 0 Å². The van der Waals surface area contributed by atoms with Crippen molar-refractivity contribution in [3.63, 3.8) is 0 Å². The van der Waals surface area contributed by atoms with E-state index in [1.165, 1.54) is 20.2 Å². The molecule has 0 aliphatic rings. The Bertz CT molecular complexity index is 1070. The maximum atomic E-state index is 13.7.